The molecular formula is C17H18N2O5S. The summed E-state index contributed by atoms with van der Waals surface area (Å²) in [6, 6.07) is 5.01. The Hall–Kier alpha value is -2.32. The molecule has 2 saturated heterocycles. The lowest BCUT2D eigenvalue weighted by Crippen LogP contribution is -2.46. The second kappa shape index (κ2) is 7.28. The normalized spacial score (nSPS) is 19.8. The molecule has 25 heavy (non-hydrogen) atoms. The number of carbonyl (C=O) groups excluding carboxylic acids is 3. The van der Waals surface area contributed by atoms with E-state index < -0.39 is 11.1 Å². The fourth-order valence-electron chi connectivity index (χ4n) is 2.62. The number of aryl methyl sites for hydroxylation is 1. The molecule has 3 rings (SSSR count). The van der Waals surface area contributed by atoms with Crippen molar-refractivity contribution in [2.45, 2.75) is 6.92 Å². The van der Waals surface area contributed by atoms with Crippen LogP contribution in [-0.2, 0) is 14.3 Å². The summed E-state index contributed by atoms with van der Waals surface area (Å²) >= 11 is 0.772. The Labute approximate surface area is 149 Å². The van der Waals surface area contributed by atoms with E-state index in [1.165, 1.54) is 12.1 Å². The van der Waals surface area contributed by atoms with E-state index in [1.807, 2.05) is 6.92 Å². The molecule has 0 aliphatic carbocycles. The molecule has 1 aromatic carbocycles. The number of phenols is 1. The Balaban J connectivity index is 1.74. The van der Waals surface area contributed by atoms with Crippen LogP contribution in [0.4, 0.5) is 4.79 Å². The lowest BCUT2D eigenvalue weighted by atomic mass is 10.1. The van der Waals surface area contributed by atoms with E-state index in [4.69, 9.17) is 4.74 Å². The highest BCUT2D eigenvalue weighted by Crippen LogP contribution is 2.34. The third kappa shape index (κ3) is 3.85. The smallest absolute Gasteiger partial charge is 0.294 e. The number of morpholine rings is 1. The van der Waals surface area contributed by atoms with Crippen molar-refractivity contribution in [2.75, 3.05) is 32.8 Å². The number of aromatic hydroxyl groups is 1. The van der Waals surface area contributed by atoms with E-state index in [9.17, 15) is 19.5 Å². The molecule has 7 nitrogen and oxygen atoms in total. The minimum absolute atomic E-state index is 0.0294. The number of phenolic OH excluding ortho intramolecular Hbond substituents is 1. The summed E-state index contributed by atoms with van der Waals surface area (Å²) in [5.41, 5.74) is 1.38. The van der Waals surface area contributed by atoms with Crippen molar-refractivity contribution in [3.63, 3.8) is 0 Å². The van der Waals surface area contributed by atoms with Gasteiger partial charge >= 0.3 is 0 Å². The van der Waals surface area contributed by atoms with Gasteiger partial charge < -0.3 is 14.7 Å². The van der Waals surface area contributed by atoms with Crippen molar-refractivity contribution < 1.29 is 24.2 Å². The first-order chi connectivity index (χ1) is 12.0. The maximum atomic E-state index is 12.5. The number of nitrogens with zero attached hydrogens (tertiary/aromatic N) is 2. The molecular weight excluding hydrogens is 344 g/mol. The van der Waals surface area contributed by atoms with Gasteiger partial charge in [-0.15, -0.1) is 0 Å². The van der Waals surface area contributed by atoms with E-state index in [-0.39, 0.29) is 23.1 Å². The number of benzene rings is 1. The van der Waals surface area contributed by atoms with Crippen molar-refractivity contribution in [3.05, 3.63) is 34.2 Å². The predicted molar refractivity (Wildman–Crippen MR) is 92.9 cm³/mol. The molecule has 0 bridgehead atoms. The highest BCUT2D eigenvalue weighted by Gasteiger charge is 2.37. The molecule has 0 unspecified atom stereocenters. The van der Waals surface area contributed by atoms with E-state index in [2.05, 4.69) is 0 Å². The minimum atomic E-state index is -0.516. The number of thioether (sulfide) groups is 1. The summed E-state index contributed by atoms with van der Waals surface area (Å²) in [6.07, 6.45) is 1.48. The van der Waals surface area contributed by atoms with Crippen LogP contribution in [0.15, 0.2) is 23.1 Å². The van der Waals surface area contributed by atoms with Crippen LogP contribution >= 0.6 is 11.8 Å². The molecule has 0 saturated carbocycles. The molecule has 1 N–H and O–H groups in total. The van der Waals surface area contributed by atoms with Crippen molar-refractivity contribution in [1.29, 1.82) is 0 Å². The van der Waals surface area contributed by atoms with Crippen molar-refractivity contribution in [2.24, 2.45) is 0 Å². The summed E-state index contributed by atoms with van der Waals surface area (Å²) in [6.45, 7) is 3.43. The van der Waals surface area contributed by atoms with Crippen molar-refractivity contribution in [1.82, 2.24) is 9.80 Å². The third-order valence-electron chi connectivity index (χ3n) is 4.00. The van der Waals surface area contributed by atoms with Crippen LogP contribution < -0.4 is 0 Å². The molecule has 3 amide bonds. The lowest BCUT2D eigenvalue weighted by Gasteiger charge is -2.28. The Morgan fingerprint density at radius 3 is 2.76 bits per heavy atom. The van der Waals surface area contributed by atoms with Gasteiger partial charge in [0, 0.05) is 18.7 Å². The molecule has 0 radical (unpaired) electrons. The first-order valence-corrected chi connectivity index (χ1v) is 8.68. The fourth-order valence-corrected chi connectivity index (χ4v) is 3.44. The Kier molecular flexibility index (Phi) is 5.10. The van der Waals surface area contributed by atoms with Gasteiger partial charge in [0.2, 0.25) is 5.91 Å². The van der Waals surface area contributed by atoms with Gasteiger partial charge in [-0.05, 0) is 36.9 Å². The van der Waals surface area contributed by atoms with Gasteiger partial charge in [-0.1, -0.05) is 11.6 Å². The SMILES string of the molecule is Cc1ccc(O)c(/C=C2\SC(=O)N(CC(=O)N3CCOCC3)C2=O)c1. The van der Waals surface area contributed by atoms with Crippen LogP contribution in [0.3, 0.4) is 0 Å². The number of ether oxygens (including phenoxy) is 1. The van der Waals surface area contributed by atoms with E-state index in [0.29, 0.717) is 31.9 Å². The zero-order chi connectivity index (χ0) is 18.0. The molecule has 2 aliphatic heterocycles. The fraction of sp³-hybridized carbons (Fsp3) is 0.353. The number of rotatable bonds is 3. The number of amides is 3. The predicted octanol–water partition coefficient (Wildman–Crippen LogP) is 1.60. The zero-order valence-electron chi connectivity index (χ0n) is 13.7. The number of hydrogen-bond donors (Lipinski definition) is 1. The average molecular weight is 362 g/mol. The van der Waals surface area contributed by atoms with E-state index >= 15 is 0 Å². The monoisotopic (exact) mass is 362 g/mol. The van der Waals surface area contributed by atoms with E-state index in [1.54, 1.807) is 17.0 Å². The van der Waals surface area contributed by atoms with Crippen molar-refractivity contribution >= 4 is 34.9 Å². The van der Waals surface area contributed by atoms with Crippen LogP contribution in [0, 0.1) is 6.92 Å². The van der Waals surface area contributed by atoms with Gasteiger partial charge in [-0.3, -0.25) is 19.3 Å². The second-order valence-electron chi connectivity index (χ2n) is 5.82. The zero-order valence-corrected chi connectivity index (χ0v) is 14.5. The maximum Gasteiger partial charge on any atom is 0.294 e. The molecule has 2 heterocycles. The topological polar surface area (TPSA) is 87.2 Å². The number of imide groups is 1. The van der Waals surface area contributed by atoms with E-state index in [0.717, 1.165) is 22.2 Å². The average Bonchev–Trinajstić information content (AvgIpc) is 2.86. The van der Waals surface area contributed by atoms with Gasteiger partial charge in [0.15, 0.2) is 0 Å². The first kappa shape index (κ1) is 17.5. The maximum absolute atomic E-state index is 12.5. The lowest BCUT2D eigenvalue weighted by molar-refractivity contribution is -0.139. The molecule has 0 atom stereocenters. The summed E-state index contributed by atoms with van der Waals surface area (Å²) in [5, 5.41) is 9.41. The molecule has 0 spiro atoms. The standard InChI is InChI=1S/C17H18N2O5S/c1-11-2-3-13(20)12(8-11)9-14-16(22)19(17(23)25-14)10-15(21)18-4-6-24-7-5-18/h2-3,8-9,20H,4-7,10H2,1H3/b14-9-. The van der Waals surface area contributed by atoms with Crippen LogP contribution in [-0.4, -0.2) is 64.8 Å². The minimum Gasteiger partial charge on any atom is -0.507 e. The molecule has 0 aromatic heterocycles. The summed E-state index contributed by atoms with van der Waals surface area (Å²) < 4.78 is 5.19. The Morgan fingerprint density at radius 2 is 2.04 bits per heavy atom. The second-order valence-corrected chi connectivity index (χ2v) is 6.82. The van der Waals surface area contributed by atoms with Crippen LogP contribution in [0.5, 0.6) is 5.75 Å². The molecule has 8 heteroatoms. The van der Waals surface area contributed by atoms with Gasteiger partial charge in [0.25, 0.3) is 11.1 Å². The summed E-state index contributed by atoms with van der Waals surface area (Å²) in [5.74, 6) is -0.760. The van der Waals surface area contributed by atoms with Crippen LogP contribution in [0.2, 0.25) is 0 Å². The number of carbonyl (C=O) groups is 3. The highest BCUT2D eigenvalue weighted by molar-refractivity contribution is 8.18. The molecule has 2 aliphatic rings. The van der Waals surface area contributed by atoms with Crippen LogP contribution in [0.25, 0.3) is 6.08 Å². The quantitative estimate of drug-likeness (QED) is 0.822. The Morgan fingerprint density at radius 1 is 1.32 bits per heavy atom. The van der Waals surface area contributed by atoms with Crippen LogP contribution in [0.1, 0.15) is 11.1 Å². The van der Waals surface area contributed by atoms with Gasteiger partial charge in [0.1, 0.15) is 12.3 Å². The highest BCUT2D eigenvalue weighted by atomic mass is 32.2. The summed E-state index contributed by atoms with van der Waals surface area (Å²) in [7, 11) is 0. The largest absolute Gasteiger partial charge is 0.507 e. The Bertz CT molecular complexity index is 755. The summed E-state index contributed by atoms with van der Waals surface area (Å²) in [4.78, 5) is 39.6. The molecule has 132 valence electrons. The molecule has 1 aromatic rings. The molecule has 2 fully saturated rings. The third-order valence-corrected chi connectivity index (χ3v) is 4.91. The van der Waals surface area contributed by atoms with Gasteiger partial charge in [-0.2, -0.15) is 0 Å². The van der Waals surface area contributed by atoms with Crippen molar-refractivity contribution in [3.8, 4) is 5.75 Å². The van der Waals surface area contributed by atoms with Gasteiger partial charge in [0.05, 0.1) is 18.1 Å². The van der Waals surface area contributed by atoms with Gasteiger partial charge in [-0.25, -0.2) is 0 Å². The number of hydrogen-bond acceptors (Lipinski definition) is 6. The first-order valence-electron chi connectivity index (χ1n) is 7.86.